The number of hydrazone groups is 1. The molecule has 1 fully saturated rings. The van der Waals surface area contributed by atoms with Gasteiger partial charge in [-0.3, -0.25) is 9.59 Å². The number of rotatable bonds is 8. The molecule has 0 atom stereocenters. The van der Waals surface area contributed by atoms with Crippen LogP contribution in [0.2, 0.25) is 0 Å². The first-order valence-electron chi connectivity index (χ1n) is 12.2. The van der Waals surface area contributed by atoms with Gasteiger partial charge >= 0.3 is 5.97 Å². The predicted molar refractivity (Wildman–Crippen MR) is 138 cm³/mol. The highest BCUT2D eigenvalue weighted by Gasteiger charge is 2.32. The molecule has 1 aliphatic carbocycles. The summed E-state index contributed by atoms with van der Waals surface area (Å²) in [7, 11) is -2.41. The molecule has 1 aliphatic heterocycles. The molecule has 4 rings (SSSR count). The second-order valence-corrected chi connectivity index (χ2v) is 10.5. The second kappa shape index (κ2) is 11.5. The number of nitrogens with one attached hydrogen (secondary N) is 1. The van der Waals surface area contributed by atoms with E-state index in [1.54, 1.807) is 36.4 Å². The summed E-state index contributed by atoms with van der Waals surface area (Å²) >= 11 is 0. The highest BCUT2D eigenvalue weighted by Crippen LogP contribution is 2.29. The molecule has 10 nitrogen and oxygen atoms in total. The Kier molecular flexibility index (Phi) is 8.22. The molecule has 1 amide bonds. The number of carbonyl (C=O) groups excluding carboxylic acids is 2. The lowest BCUT2D eigenvalue weighted by molar-refractivity contribution is -0.132. The number of esters is 1. The van der Waals surface area contributed by atoms with Crippen LogP contribution in [-0.2, 0) is 19.6 Å². The molecule has 0 radical (unpaired) electrons. The number of hydrogen-bond donors (Lipinski definition) is 1. The quantitative estimate of drug-likeness (QED) is 0.242. The molecule has 0 spiro atoms. The van der Waals surface area contributed by atoms with E-state index in [1.807, 2.05) is 0 Å². The van der Waals surface area contributed by atoms with Crippen molar-refractivity contribution in [2.45, 2.75) is 56.4 Å². The normalized spacial score (nSPS) is 16.6. The van der Waals surface area contributed by atoms with Crippen molar-refractivity contribution in [1.82, 2.24) is 10.3 Å². The molecular formula is C26H30N4O6S. The number of sulfonamides is 1. The lowest BCUT2D eigenvalue weighted by Gasteiger charge is -2.24. The van der Waals surface area contributed by atoms with Gasteiger partial charge in [0.2, 0.25) is 5.91 Å². The number of carbonyl (C=O) groups is 2. The van der Waals surface area contributed by atoms with Gasteiger partial charge in [-0.05, 0) is 48.7 Å². The van der Waals surface area contributed by atoms with Crippen molar-refractivity contribution in [3.8, 4) is 11.5 Å². The number of benzene rings is 2. The van der Waals surface area contributed by atoms with Crippen LogP contribution in [0.4, 0.5) is 0 Å². The third kappa shape index (κ3) is 6.53. The summed E-state index contributed by atoms with van der Waals surface area (Å²) in [6.45, 7) is 1.42. The molecule has 2 aliphatic rings. The van der Waals surface area contributed by atoms with Crippen molar-refractivity contribution in [3.05, 3.63) is 53.6 Å². The number of methoxy groups -OCH3 is 1. The van der Waals surface area contributed by atoms with Gasteiger partial charge in [0.15, 0.2) is 17.3 Å². The maximum atomic E-state index is 12.7. The first-order valence-corrected chi connectivity index (χ1v) is 13.6. The fraction of sp³-hybridized carbons (Fsp3) is 0.385. The molecule has 0 saturated heterocycles. The van der Waals surface area contributed by atoms with E-state index in [1.165, 1.54) is 37.7 Å². The summed E-state index contributed by atoms with van der Waals surface area (Å²) in [6.07, 6.45) is 6.96. The molecule has 2 aromatic carbocycles. The Morgan fingerprint density at radius 2 is 1.89 bits per heavy atom. The minimum Gasteiger partial charge on any atom is -0.493 e. The number of ether oxygens (including phenoxy) is 2. The first kappa shape index (κ1) is 26.3. The zero-order chi connectivity index (χ0) is 26.4. The van der Waals surface area contributed by atoms with Crippen LogP contribution < -0.4 is 14.8 Å². The lowest BCUT2D eigenvalue weighted by Crippen LogP contribution is -2.38. The Bertz CT molecular complexity index is 1330. The molecule has 196 valence electrons. The fourth-order valence-electron chi connectivity index (χ4n) is 4.39. The van der Waals surface area contributed by atoms with Gasteiger partial charge in [-0.25, -0.2) is 5.01 Å². The van der Waals surface area contributed by atoms with Crippen LogP contribution in [0.25, 0.3) is 0 Å². The van der Waals surface area contributed by atoms with E-state index >= 15 is 0 Å². The molecule has 1 heterocycles. The van der Waals surface area contributed by atoms with Crippen molar-refractivity contribution in [3.63, 3.8) is 0 Å². The van der Waals surface area contributed by atoms with Crippen LogP contribution in [0.5, 0.6) is 11.5 Å². The Hall–Kier alpha value is -3.73. The SMILES string of the molecule is COc1cc(/C=N/N(CCC(=O)NC2CCCCC2)C2=NS(=O)(=O)c3ccccc32)ccc1OC(C)=O. The molecule has 1 saturated carbocycles. The third-order valence-electron chi connectivity index (χ3n) is 6.17. The first-order chi connectivity index (χ1) is 17.8. The number of amidine groups is 1. The topological polar surface area (TPSA) is 127 Å². The van der Waals surface area contributed by atoms with E-state index in [4.69, 9.17) is 9.47 Å². The number of fused-ring (bicyclic) bond motifs is 1. The van der Waals surface area contributed by atoms with Crippen LogP contribution in [0.15, 0.2) is 56.9 Å². The van der Waals surface area contributed by atoms with E-state index in [9.17, 15) is 18.0 Å². The number of hydrogen-bond acceptors (Lipinski definition) is 8. The van der Waals surface area contributed by atoms with Crippen molar-refractivity contribution >= 4 is 33.9 Å². The highest BCUT2D eigenvalue weighted by atomic mass is 32.2. The van der Waals surface area contributed by atoms with Gasteiger partial charge in [0.25, 0.3) is 10.0 Å². The van der Waals surface area contributed by atoms with Gasteiger partial charge in [-0.1, -0.05) is 31.4 Å². The smallest absolute Gasteiger partial charge is 0.308 e. The number of nitrogens with zero attached hydrogens (tertiary/aromatic N) is 3. The summed E-state index contributed by atoms with van der Waals surface area (Å²) in [5.74, 6) is 0.166. The molecule has 0 unspecified atom stereocenters. The molecule has 0 aromatic heterocycles. The standard InChI is InChI=1S/C26H30N4O6S/c1-18(31)36-22-13-12-19(16-23(22)35-2)17-27-30(15-14-25(32)28-20-8-4-3-5-9-20)26-21-10-6-7-11-24(21)37(33,34)29-26/h6-7,10-13,16-17,20H,3-5,8-9,14-15H2,1-2H3,(H,28,32)/b27-17+. The van der Waals surface area contributed by atoms with E-state index in [0.717, 1.165) is 25.7 Å². The van der Waals surface area contributed by atoms with Crippen molar-refractivity contribution in [2.75, 3.05) is 13.7 Å². The van der Waals surface area contributed by atoms with Crippen LogP contribution in [0, 0.1) is 0 Å². The maximum Gasteiger partial charge on any atom is 0.308 e. The molecular weight excluding hydrogens is 496 g/mol. The van der Waals surface area contributed by atoms with Gasteiger partial charge < -0.3 is 14.8 Å². The zero-order valence-electron chi connectivity index (χ0n) is 20.8. The summed E-state index contributed by atoms with van der Waals surface area (Å²) in [6, 6.07) is 11.6. The minimum atomic E-state index is -3.87. The van der Waals surface area contributed by atoms with E-state index in [0.29, 0.717) is 16.9 Å². The van der Waals surface area contributed by atoms with Gasteiger partial charge in [0.05, 0.1) is 19.9 Å². The fourth-order valence-corrected chi connectivity index (χ4v) is 5.59. The Morgan fingerprint density at radius 3 is 2.62 bits per heavy atom. The maximum absolute atomic E-state index is 12.7. The monoisotopic (exact) mass is 526 g/mol. The van der Waals surface area contributed by atoms with Gasteiger partial charge in [0.1, 0.15) is 4.90 Å². The minimum absolute atomic E-state index is 0.101. The van der Waals surface area contributed by atoms with Crippen molar-refractivity contribution in [1.29, 1.82) is 0 Å². The van der Waals surface area contributed by atoms with E-state index < -0.39 is 16.0 Å². The predicted octanol–water partition coefficient (Wildman–Crippen LogP) is 3.24. The van der Waals surface area contributed by atoms with Crippen LogP contribution in [0.1, 0.15) is 56.6 Å². The average molecular weight is 527 g/mol. The summed E-state index contributed by atoms with van der Waals surface area (Å²) in [5.41, 5.74) is 1.04. The summed E-state index contributed by atoms with van der Waals surface area (Å²) in [5, 5.41) is 9.00. The average Bonchev–Trinajstić information content (AvgIpc) is 3.15. The molecule has 0 bridgehead atoms. The summed E-state index contributed by atoms with van der Waals surface area (Å²) < 4.78 is 39.7. The Labute approximate surface area is 216 Å². The third-order valence-corrected chi connectivity index (χ3v) is 7.49. The van der Waals surface area contributed by atoms with Gasteiger partial charge in [-0.15, -0.1) is 4.40 Å². The Morgan fingerprint density at radius 1 is 1.14 bits per heavy atom. The molecule has 37 heavy (non-hydrogen) atoms. The Balaban J connectivity index is 1.58. The number of amides is 1. The van der Waals surface area contributed by atoms with E-state index in [2.05, 4.69) is 14.8 Å². The highest BCUT2D eigenvalue weighted by molar-refractivity contribution is 7.90. The largest absolute Gasteiger partial charge is 0.493 e. The van der Waals surface area contributed by atoms with Crippen LogP contribution in [0.3, 0.4) is 0 Å². The molecule has 11 heteroatoms. The van der Waals surface area contributed by atoms with Crippen LogP contribution in [-0.4, -0.2) is 57.0 Å². The van der Waals surface area contributed by atoms with Gasteiger partial charge in [-0.2, -0.15) is 13.5 Å². The lowest BCUT2D eigenvalue weighted by atomic mass is 9.95. The van der Waals surface area contributed by atoms with Crippen molar-refractivity contribution in [2.24, 2.45) is 9.50 Å². The van der Waals surface area contributed by atoms with Crippen molar-refractivity contribution < 1.29 is 27.5 Å². The summed E-state index contributed by atoms with van der Waals surface area (Å²) in [4.78, 5) is 24.1. The van der Waals surface area contributed by atoms with E-state index in [-0.39, 0.29) is 41.4 Å². The van der Waals surface area contributed by atoms with Gasteiger partial charge in [0, 0.05) is 24.9 Å². The van der Waals surface area contributed by atoms with Crippen LogP contribution >= 0.6 is 0 Å². The molecule has 2 aromatic rings. The zero-order valence-corrected chi connectivity index (χ0v) is 21.7. The molecule has 1 N–H and O–H groups in total. The second-order valence-electron chi connectivity index (χ2n) is 8.91.